The molecule has 0 saturated carbocycles. The van der Waals surface area contributed by atoms with Gasteiger partial charge in [-0.25, -0.2) is 0 Å². The Morgan fingerprint density at radius 1 is 1.31 bits per heavy atom. The molecule has 3 heteroatoms. The van der Waals surface area contributed by atoms with Crippen LogP contribution in [0.5, 0.6) is 0 Å². The first-order valence-corrected chi connectivity index (χ1v) is 6.34. The third-order valence-corrected chi connectivity index (χ3v) is 2.91. The molecular formula is C13H28N2O. The zero-order chi connectivity index (χ0) is 12.2. The van der Waals surface area contributed by atoms with Crippen LogP contribution >= 0.6 is 0 Å². The van der Waals surface area contributed by atoms with E-state index in [1.807, 2.05) is 6.08 Å². The Bertz CT molecular complexity index is 158. The van der Waals surface area contributed by atoms with E-state index in [1.54, 1.807) is 7.11 Å². The van der Waals surface area contributed by atoms with Crippen molar-refractivity contribution in [2.24, 2.45) is 0 Å². The van der Waals surface area contributed by atoms with Gasteiger partial charge in [-0.05, 0) is 12.8 Å². The van der Waals surface area contributed by atoms with Gasteiger partial charge in [-0.15, -0.1) is 6.58 Å². The van der Waals surface area contributed by atoms with E-state index in [1.165, 1.54) is 12.8 Å². The van der Waals surface area contributed by atoms with Gasteiger partial charge in [0.1, 0.15) is 0 Å². The summed E-state index contributed by atoms with van der Waals surface area (Å²) in [5, 5.41) is 3.34. The first-order chi connectivity index (χ1) is 7.79. The highest BCUT2D eigenvalue weighted by Crippen LogP contribution is 2.07. The Morgan fingerprint density at radius 3 is 2.50 bits per heavy atom. The molecule has 0 heterocycles. The van der Waals surface area contributed by atoms with Gasteiger partial charge in [0.15, 0.2) is 0 Å². The fourth-order valence-corrected chi connectivity index (χ4v) is 1.92. The third kappa shape index (κ3) is 6.99. The average molecular weight is 228 g/mol. The van der Waals surface area contributed by atoms with Crippen molar-refractivity contribution in [3.05, 3.63) is 12.7 Å². The summed E-state index contributed by atoms with van der Waals surface area (Å²) in [6, 6.07) is 0.681. The van der Waals surface area contributed by atoms with Gasteiger partial charge in [0.2, 0.25) is 0 Å². The SMILES string of the molecule is C=CCNCCN(CCOC)C(CC)CC. The summed E-state index contributed by atoms with van der Waals surface area (Å²) >= 11 is 0. The maximum Gasteiger partial charge on any atom is 0.0589 e. The van der Waals surface area contributed by atoms with Crippen molar-refractivity contribution >= 4 is 0 Å². The van der Waals surface area contributed by atoms with Crippen molar-refractivity contribution in [2.75, 3.05) is 39.9 Å². The van der Waals surface area contributed by atoms with Crippen molar-refractivity contribution in [1.82, 2.24) is 10.2 Å². The molecule has 0 fully saturated rings. The Kier molecular flexibility index (Phi) is 10.9. The molecule has 3 nitrogen and oxygen atoms in total. The van der Waals surface area contributed by atoms with Crippen LogP contribution in [0, 0.1) is 0 Å². The Labute approximate surface area is 101 Å². The molecule has 1 N–H and O–H groups in total. The first-order valence-electron chi connectivity index (χ1n) is 6.34. The lowest BCUT2D eigenvalue weighted by molar-refractivity contribution is 0.116. The van der Waals surface area contributed by atoms with Crippen molar-refractivity contribution in [2.45, 2.75) is 32.7 Å². The minimum Gasteiger partial charge on any atom is -0.383 e. The maximum absolute atomic E-state index is 5.16. The zero-order valence-corrected chi connectivity index (χ0v) is 11.2. The summed E-state index contributed by atoms with van der Waals surface area (Å²) in [4.78, 5) is 2.51. The van der Waals surface area contributed by atoms with Crippen LogP contribution in [0.15, 0.2) is 12.7 Å². The van der Waals surface area contributed by atoms with Crippen LogP contribution in [-0.4, -0.2) is 50.8 Å². The van der Waals surface area contributed by atoms with Gasteiger partial charge < -0.3 is 10.1 Å². The normalized spacial score (nSPS) is 11.3. The predicted octanol–water partition coefficient (Wildman–Crippen LogP) is 1.90. The molecule has 0 saturated heterocycles. The second kappa shape index (κ2) is 11.1. The van der Waals surface area contributed by atoms with Crippen LogP contribution in [0.4, 0.5) is 0 Å². The van der Waals surface area contributed by atoms with Crippen molar-refractivity contribution in [1.29, 1.82) is 0 Å². The van der Waals surface area contributed by atoms with Gasteiger partial charge in [0, 0.05) is 39.3 Å². The predicted molar refractivity (Wildman–Crippen MR) is 70.9 cm³/mol. The molecule has 0 aromatic carbocycles. The number of hydrogen-bond acceptors (Lipinski definition) is 3. The van der Waals surface area contributed by atoms with Gasteiger partial charge in [0.25, 0.3) is 0 Å². The van der Waals surface area contributed by atoms with Gasteiger partial charge in [-0.2, -0.15) is 0 Å². The highest BCUT2D eigenvalue weighted by molar-refractivity contribution is 4.73. The molecule has 0 aliphatic rings. The molecule has 0 rings (SSSR count). The van der Waals surface area contributed by atoms with E-state index in [4.69, 9.17) is 4.74 Å². The summed E-state index contributed by atoms with van der Waals surface area (Å²) in [7, 11) is 1.76. The highest BCUT2D eigenvalue weighted by atomic mass is 16.5. The van der Waals surface area contributed by atoms with Crippen molar-refractivity contribution < 1.29 is 4.74 Å². The number of ether oxygens (including phenoxy) is 1. The summed E-state index contributed by atoms with van der Waals surface area (Å²) in [5.41, 5.74) is 0. The molecule has 0 aliphatic heterocycles. The number of rotatable bonds is 11. The second-order valence-electron chi connectivity index (χ2n) is 3.99. The lowest BCUT2D eigenvalue weighted by Gasteiger charge is -2.30. The largest absolute Gasteiger partial charge is 0.383 e. The number of hydrogen-bond donors (Lipinski definition) is 1. The highest BCUT2D eigenvalue weighted by Gasteiger charge is 2.13. The van der Waals surface area contributed by atoms with E-state index in [9.17, 15) is 0 Å². The molecule has 0 aromatic rings. The van der Waals surface area contributed by atoms with Gasteiger partial charge in [0.05, 0.1) is 6.61 Å². The van der Waals surface area contributed by atoms with E-state index in [2.05, 4.69) is 30.6 Å². The number of nitrogens with one attached hydrogen (secondary N) is 1. The summed E-state index contributed by atoms with van der Waals surface area (Å²) in [5.74, 6) is 0. The fraction of sp³-hybridized carbons (Fsp3) is 0.846. The summed E-state index contributed by atoms with van der Waals surface area (Å²) < 4.78 is 5.16. The third-order valence-electron chi connectivity index (χ3n) is 2.91. The molecule has 0 aromatic heterocycles. The monoisotopic (exact) mass is 228 g/mol. The number of methoxy groups -OCH3 is 1. The molecule has 0 radical (unpaired) electrons. The molecule has 0 spiro atoms. The van der Waals surface area contributed by atoms with Crippen LogP contribution < -0.4 is 5.32 Å². The van der Waals surface area contributed by atoms with E-state index >= 15 is 0 Å². The smallest absolute Gasteiger partial charge is 0.0589 e. The summed E-state index contributed by atoms with van der Waals surface area (Å²) in [6.07, 6.45) is 4.32. The maximum atomic E-state index is 5.16. The van der Waals surface area contributed by atoms with Crippen molar-refractivity contribution in [3.8, 4) is 0 Å². The lowest BCUT2D eigenvalue weighted by atomic mass is 10.1. The molecule has 0 aliphatic carbocycles. The van der Waals surface area contributed by atoms with Crippen LogP contribution in [0.3, 0.4) is 0 Å². The molecule has 0 unspecified atom stereocenters. The zero-order valence-electron chi connectivity index (χ0n) is 11.2. The molecule has 0 atom stereocenters. The van der Waals surface area contributed by atoms with E-state index in [-0.39, 0.29) is 0 Å². The Morgan fingerprint density at radius 2 is 2.00 bits per heavy atom. The number of nitrogens with zero attached hydrogens (tertiary/aromatic N) is 1. The Balaban J connectivity index is 3.92. The van der Waals surface area contributed by atoms with Crippen LogP contribution in [0.1, 0.15) is 26.7 Å². The van der Waals surface area contributed by atoms with Crippen LogP contribution in [0.25, 0.3) is 0 Å². The quantitative estimate of drug-likeness (QED) is 0.432. The van der Waals surface area contributed by atoms with Crippen LogP contribution in [0.2, 0.25) is 0 Å². The molecule has 0 bridgehead atoms. The average Bonchev–Trinajstić information content (AvgIpc) is 2.31. The topological polar surface area (TPSA) is 24.5 Å². The van der Waals surface area contributed by atoms with E-state index < -0.39 is 0 Å². The fourth-order valence-electron chi connectivity index (χ4n) is 1.92. The van der Waals surface area contributed by atoms with Gasteiger partial charge in [-0.1, -0.05) is 19.9 Å². The van der Waals surface area contributed by atoms with Crippen LogP contribution in [-0.2, 0) is 4.74 Å². The van der Waals surface area contributed by atoms with E-state index in [0.717, 1.165) is 32.8 Å². The minimum atomic E-state index is 0.681. The van der Waals surface area contributed by atoms with Gasteiger partial charge in [-0.3, -0.25) is 4.90 Å². The Hall–Kier alpha value is -0.380. The molecule has 96 valence electrons. The second-order valence-corrected chi connectivity index (χ2v) is 3.99. The first kappa shape index (κ1) is 15.6. The van der Waals surface area contributed by atoms with Gasteiger partial charge >= 0.3 is 0 Å². The van der Waals surface area contributed by atoms with E-state index in [0.29, 0.717) is 6.04 Å². The molecule has 16 heavy (non-hydrogen) atoms. The minimum absolute atomic E-state index is 0.681. The van der Waals surface area contributed by atoms with Crippen molar-refractivity contribution in [3.63, 3.8) is 0 Å². The summed E-state index contributed by atoms with van der Waals surface area (Å²) in [6.45, 7) is 13.0. The lowest BCUT2D eigenvalue weighted by Crippen LogP contribution is -2.41. The molecule has 0 amide bonds. The molecular weight excluding hydrogens is 200 g/mol. The standard InChI is InChI=1S/C13H28N2O/c1-5-8-14-9-10-15(11-12-16-4)13(6-2)7-3/h5,13-14H,1,6-12H2,2-4H3.